The Balaban J connectivity index is 2.64. The number of hydrogen-bond acceptors (Lipinski definition) is 4. The molecule has 0 saturated carbocycles. The van der Waals surface area contributed by atoms with Crippen molar-refractivity contribution in [2.45, 2.75) is 19.8 Å². The second-order valence-corrected chi connectivity index (χ2v) is 3.02. The normalized spacial score (nSPS) is 9.93. The molecule has 15 heavy (non-hydrogen) atoms. The average molecular weight is 211 g/mol. The molecule has 0 bridgehead atoms. The van der Waals surface area contributed by atoms with Crippen LogP contribution in [0.4, 0.5) is 5.95 Å². The third-order valence-corrected chi connectivity index (χ3v) is 1.81. The minimum Gasteiger partial charge on any atom is -0.481 e. The van der Waals surface area contributed by atoms with Crippen molar-refractivity contribution >= 4 is 11.9 Å². The van der Waals surface area contributed by atoms with Crippen molar-refractivity contribution < 1.29 is 9.90 Å². The van der Waals surface area contributed by atoms with E-state index >= 15 is 0 Å². The number of hydrogen-bond donors (Lipinski definition) is 3. The van der Waals surface area contributed by atoms with E-state index in [2.05, 4.69) is 15.3 Å². The first-order valence-corrected chi connectivity index (χ1v) is 4.67. The highest BCUT2D eigenvalue weighted by molar-refractivity contribution is 5.67. The number of nitrogens with one attached hydrogen (secondary N) is 2. The average Bonchev–Trinajstić information content (AvgIpc) is 2.16. The van der Waals surface area contributed by atoms with Crippen molar-refractivity contribution in [1.82, 2.24) is 9.97 Å². The Hall–Kier alpha value is -1.85. The van der Waals surface area contributed by atoms with Crippen LogP contribution in [-0.2, 0) is 11.2 Å². The molecular weight excluding hydrogens is 198 g/mol. The van der Waals surface area contributed by atoms with Crippen molar-refractivity contribution in [3.8, 4) is 0 Å². The molecule has 3 N–H and O–H groups in total. The first-order chi connectivity index (χ1) is 7.11. The molecule has 0 aliphatic carbocycles. The first kappa shape index (κ1) is 11.2. The summed E-state index contributed by atoms with van der Waals surface area (Å²) < 4.78 is 0. The van der Waals surface area contributed by atoms with Crippen LogP contribution < -0.4 is 10.9 Å². The van der Waals surface area contributed by atoms with Gasteiger partial charge in [0.2, 0.25) is 5.95 Å². The highest BCUT2D eigenvalue weighted by Crippen LogP contribution is 1.97. The fourth-order valence-corrected chi connectivity index (χ4v) is 1.07. The van der Waals surface area contributed by atoms with Gasteiger partial charge in [0.25, 0.3) is 5.56 Å². The molecule has 0 amide bonds. The Labute approximate surface area is 86.4 Å². The number of aliphatic carboxylic acids is 1. The zero-order valence-corrected chi connectivity index (χ0v) is 8.41. The summed E-state index contributed by atoms with van der Waals surface area (Å²) in [7, 11) is 0. The lowest BCUT2D eigenvalue weighted by Crippen LogP contribution is -2.15. The van der Waals surface area contributed by atoms with Crippen LogP contribution in [0.3, 0.4) is 0 Å². The summed E-state index contributed by atoms with van der Waals surface area (Å²) in [4.78, 5) is 27.9. The van der Waals surface area contributed by atoms with Gasteiger partial charge in [0, 0.05) is 18.3 Å². The van der Waals surface area contributed by atoms with Gasteiger partial charge in [-0.3, -0.25) is 9.59 Å². The number of carbonyl (C=O) groups is 1. The van der Waals surface area contributed by atoms with E-state index in [0.717, 1.165) is 5.69 Å². The van der Waals surface area contributed by atoms with E-state index in [1.807, 2.05) is 6.92 Å². The maximum Gasteiger partial charge on any atom is 0.305 e. The third kappa shape index (κ3) is 3.80. The fourth-order valence-electron chi connectivity index (χ4n) is 1.07. The molecule has 82 valence electrons. The molecule has 6 nitrogen and oxygen atoms in total. The summed E-state index contributed by atoms with van der Waals surface area (Å²) >= 11 is 0. The van der Waals surface area contributed by atoms with Crippen LogP contribution in [0.5, 0.6) is 0 Å². The zero-order valence-electron chi connectivity index (χ0n) is 8.41. The molecule has 0 fully saturated rings. The van der Waals surface area contributed by atoms with E-state index < -0.39 is 5.97 Å². The monoisotopic (exact) mass is 211 g/mol. The number of aromatic nitrogens is 2. The van der Waals surface area contributed by atoms with Crippen LogP contribution in [0.2, 0.25) is 0 Å². The highest BCUT2D eigenvalue weighted by atomic mass is 16.4. The summed E-state index contributed by atoms with van der Waals surface area (Å²) in [6.45, 7) is 2.15. The number of anilines is 1. The minimum atomic E-state index is -0.892. The van der Waals surface area contributed by atoms with Gasteiger partial charge < -0.3 is 15.4 Å². The minimum absolute atomic E-state index is 0.0138. The van der Waals surface area contributed by atoms with Crippen molar-refractivity contribution in [2.24, 2.45) is 0 Å². The lowest BCUT2D eigenvalue weighted by Gasteiger charge is -2.04. The van der Waals surface area contributed by atoms with E-state index in [0.29, 0.717) is 12.4 Å². The van der Waals surface area contributed by atoms with Crippen LogP contribution in [-0.4, -0.2) is 27.6 Å². The number of aromatic amines is 1. The van der Waals surface area contributed by atoms with Gasteiger partial charge in [-0.2, -0.15) is 4.98 Å². The fraction of sp³-hybridized carbons (Fsp3) is 0.444. The number of rotatable bonds is 5. The molecule has 1 aromatic heterocycles. The lowest BCUT2D eigenvalue weighted by molar-refractivity contribution is -0.136. The summed E-state index contributed by atoms with van der Waals surface area (Å²) in [6.07, 6.45) is 0.686. The predicted octanol–water partition coefficient (Wildman–Crippen LogP) is 0.219. The number of carboxylic acid groups (broad SMARTS) is 1. The van der Waals surface area contributed by atoms with Gasteiger partial charge in [-0.05, 0) is 6.42 Å². The second kappa shape index (κ2) is 5.14. The van der Waals surface area contributed by atoms with Crippen molar-refractivity contribution in [2.75, 3.05) is 11.9 Å². The van der Waals surface area contributed by atoms with Crippen LogP contribution in [0, 0.1) is 0 Å². The van der Waals surface area contributed by atoms with Crippen LogP contribution in [0.25, 0.3) is 0 Å². The number of H-pyrrole nitrogens is 1. The van der Waals surface area contributed by atoms with Gasteiger partial charge in [0.1, 0.15) is 0 Å². The summed E-state index contributed by atoms with van der Waals surface area (Å²) in [5.41, 5.74) is 0.441. The Bertz CT molecular complexity index is 400. The SMILES string of the molecule is CCc1cc(=O)nc(NCCC(=O)O)[nH]1. The standard InChI is InChI=1S/C9H13N3O3/c1-2-6-5-7(13)12-9(11-6)10-4-3-8(14)15/h5H,2-4H2,1H3,(H,14,15)(H2,10,11,12,13). The van der Waals surface area contributed by atoms with E-state index in [4.69, 9.17) is 5.11 Å². The summed E-state index contributed by atoms with van der Waals surface area (Å²) in [6, 6.07) is 1.42. The summed E-state index contributed by atoms with van der Waals surface area (Å²) in [5.74, 6) is -0.572. The predicted molar refractivity (Wildman–Crippen MR) is 55.0 cm³/mol. The number of nitrogens with zero attached hydrogens (tertiary/aromatic N) is 1. The molecular formula is C9H13N3O3. The second-order valence-electron chi connectivity index (χ2n) is 3.02. The van der Waals surface area contributed by atoms with Crippen LogP contribution >= 0.6 is 0 Å². The molecule has 0 aliphatic heterocycles. The van der Waals surface area contributed by atoms with E-state index in [9.17, 15) is 9.59 Å². The molecule has 6 heteroatoms. The topological polar surface area (TPSA) is 95.1 Å². The molecule has 0 unspecified atom stereocenters. The number of aryl methyl sites for hydroxylation is 1. The lowest BCUT2D eigenvalue weighted by atomic mass is 10.3. The molecule has 0 aliphatic rings. The molecule has 0 aromatic carbocycles. The smallest absolute Gasteiger partial charge is 0.305 e. The van der Waals surface area contributed by atoms with E-state index in [1.165, 1.54) is 6.07 Å². The van der Waals surface area contributed by atoms with Crippen molar-refractivity contribution in [3.05, 3.63) is 22.1 Å². The first-order valence-electron chi connectivity index (χ1n) is 4.67. The van der Waals surface area contributed by atoms with Gasteiger partial charge in [-0.25, -0.2) is 0 Å². The summed E-state index contributed by atoms with van der Waals surface area (Å²) in [5, 5.41) is 11.2. The van der Waals surface area contributed by atoms with Gasteiger partial charge in [0.05, 0.1) is 6.42 Å². The Morgan fingerprint density at radius 3 is 3.00 bits per heavy atom. The molecule has 0 radical (unpaired) electrons. The van der Waals surface area contributed by atoms with E-state index in [1.54, 1.807) is 0 Å². The zero-order chi connectivity index (χ0) is 11.3. The third-order valence-electron chi connectivity index (χ3n) is 1.81. The van der Waals surface area contributed by atoms with Crippen LogP contribution in [0.1, 0.15) is 19.0 Å². The van der Waals surface area contributed by atoms with Gasteiger partial charge >= 0.3 is 5.97 Å². The Morgan fingerprint density at radius 2 is 2.40 bits per heavy atom. The largest absolute Gasteiger partial charge is 0.481 e. The maximum absolute atomic E-state index is 11.1. The molecule has 1 heterocycles. The van der Waals surface area contributed by atoms with Gasteiger partial charge in [-0.1, -0.05) is 6.92 Å². The maximum atomic E-state index is 11.1. The van der Waals surface area contributed by atoms with Crippen molar-refractivity contribution in [3.63, 3.8) is 0 Å². The molecule has 0 atom stereocenters. The Morgan fingerprint density at radius 1 is 1.67 bits per heavy atom. The quantitative estimate of drug-likeness (QED) is 0.647. The Kier molecular flexibility index (Phi) is 3.84. The van der Waals surface area contributed by atoms with Gasteiger partial charge in [-0.15, -0.1) is 0 Å². The van der Waals surface area contributed by atoms with Gasteiger partial charge in [0.15, 0.2) is 0 Å². The molecule has 1 rings (SSSR count). The molecule has 0 saturated heterocycles. The number of carboxylic acids is 1. The van der Waals surface area contributed by atoms with Crippen LogP contribution in [0.15, 0.2) is 10.9 Å². The molecule has 0 spiro atoms. The molecule has 1 aromatic rings. The van der Waals surface area contributed by atoms with E-state index in [-0.39, 0.29) is 18.5 Å². The van der Waals surface area contributed by atoms with Crippen molar-refractivity contribution in [1.29, 1.82) is 0 Å². The highest BCUT2D eigenvalue weighted by Gasteiger charge is 2.00.